The fourth-order valence-electron chi connectivity index (χ4n) is 7.13. The Morgan fingerprint density at radius 3 is 1.55 bits per heavy atom. The number of carbonyl (C=O) groups is 1. The Morgan fingerprint density at radius 1 is 0.723 bits per heavy atom. The van der Waals surface area contributed by atoms with Gasteiger partial charge in [0.25, 0.3) is 0 Å². The Labute approximate surface area is 403 Å². The van der Waals surface area contributed by atoms with E-state index in [0.717, 1.165) is 114 Å². The van der Waals surface area contributed by atoms with Crippen LogP contribution in [0.15, 0.2) is 34.8 Å². The molecule has 4 aromatic heterocycles. The molecule has 0 bridgehead atoms. The van der Waals surface area contributed by atoms with Crippen molar-refractivity contribution in [1.29, 1.82) is 10.5 Å². The van der Waals surface area contributed by atoms with Crippen LogP contribution in [0.5, 0.6) is 0 Å². The van der Waals surface area contributed by atoms with Crippen LogP contribution in [0.25, 0.3) is 0 Å². The van der Waals surface area contributed by atoms with Crippen molar-refractivity contribution in [2.24, 2.45) is 0 Å². The number of thiazole rings is 2. The maximum absolute atomic E-state index is 12.4. The monoisotopic (exact) mass is 982 g/mol. The van der Waals surface area contributed by atoms with Crippen LogP contribution >= 0.6 is 57.8 Å². The Bertz CT molecular complexity index is 2220. The number of nitrogens with zero attached hydrogens (tertiary/aromatic N) is 13. The molecule has 8 heterocycles. The predicted molar refractivity (Wildman–Crippen MR) is 264 cm³/mol. The SMILES string of the molecule is CCl.CN1CCN(c2cc(Nc3ncc(C#N)s3)nc(SC3CCN(C(=O)OC(C)(C)C)CC3)n2)CC1.CN1CCN(c2cc(Nc3ncc(C#N)s3)nc(SC3CCNCC3)n2)CC1. The number of carbonyl (C=O) groups excluding carboxylic acids is 1. The number of thioether (sulfide) groups is 2. The number of halogens is 1. The first-order valence-corrected chi connectivity index (χ1v) is 25.8. The lowest BCUT2D eigenvalue weighted by Crippen LogP contribution is -2.44. The van der Waals surface area contributed by atoms with Gasteiger partial charge in [0.15, 0.2) is 20.6 Å². The minimum atomic E-state index is -0.491. The number of likely N-dealkylation sites (N-methyl/N-ethyl adjacent to an activating group) is 2. The van der Waals surface area contributed by atoms with E-state index in [1.165, 1.54) is 29.1 Å². The average molecular weight is 984 g/mol. The highest BCUT2D eigenvalue weighted by atomic mass is 35.5. The minimum absolute atomic E-state index is 0.249. The van der Waals surface area contributed by atoms with Gasteiger partial charge in [0, 0.05) is 94.5 Å². The van der Waals surface area contributed by atoms with Crippen molar-refractivity contribution >= 4 is 97.4 Å². The van der Waals surface area contributed by atoms with Gasteiger partial charge in [-0.1, -0.05) is 46.2 Å². The van der Waals surface area contributed by atoms with Crippen molar-refractivity contribution in [3.63, 3.8) is 0 Å². The van der Waals surface area contributed by atoms with Gasteiger partial charge in [0.2, 0.25) is 0 Å². The van der Waals surface area contributed by atoms with Gasteiger partial charge in [-0.25, -0.2) is 34.7 Å². The standard InChI is InChI=1S/C23H32N8O2S2.C18H24N8S2.CH3Cl/c1-23(2,3)33-22(32)31-7-5-16(6-8-31)34-21-27-18(26-20-25-15-17(14-24)35-20)13-19(28-21)30-11-9-29(4)10-12-30;1-25-6-8-26(9-7-25)16-10-15(22-17-21-12-14(11-19)28-17)23-18(24-16)27-13-2-4-20-5-3-13;1-2/h13,15-16H,5-12H2,1-4H3,(H,25,26,27,28);10,12-13,20H,2-9H2,1H3,(H,21,22,23,24);1H3. The zero-order chi connectivity index (χ0) is 46.3. The van der Waals surface area contributed by atoms with Crippen molar-refractivity contribution in [3.05, 3.63) is 34.3 Å². The second-order valence-electron chi connectivity index (χ2n) is 16.8. The third-order valence-electron chi connectivity index (χ3n) is 10.7. The molecule has 8 rings (SSSR count). The quantitative estimate of drug-likeness (QED) is 0.111. The zero-order valence-electron chi connectivity index (χ0n) is 37.9. The summed E-state index contributed by atoms with van der Waals surface area (Å²) in [5.74, 6) is 3.25. The second-order valence-corrected chi connectivity index (χ2v) is 21.3. The molecule has 18 nitrogen and oxygen atoms in total. The number of amides is 1. The van der Waals surface area contributed by atoms with Gasteiger partial charge in [-0.3, -0.25) is 0 Å². The van der Waals surface area contributed by atoms with Crippen molar-refractivity contribution in [2.75, 3.05) is 119 Å². The van der Waals surface area contributed by atoms with Crippen molar-refractivity contribution in [2.45, 2.75) is 72.9 Å². The Morgan fingerprint density at radius 2 is 1.15 bits per heavy atom. The number of ether oxygens (including phenoxy) is 1. The summed E-state index contributed by atoms with van der Waals surface area (Å²) in [6.07, 6.45) is 8.34. The lowest BCUT2D eigenvalue weighted by Gasteiger charge is -2.34. The van der Waals surface area contributed by atoms with Crippen LogP contribution in [0.2, 0.25) is 0 Å². The summed E-state index contributed by atoms with van der Waals surface area (Å²) in [5.41, 5.74) is -0.491. The fraction of sp³-hybridized carbons (Fsp3) is 0.595. The second kappa shape index (κ2) is 24.5. The van der Waals surface area contributed by atoms with Crippen LogP contribution in [0.4, 0.5) is 38.3 Å². The summed E-state index contributed by atoms with van der Waals surface area (Å²) in [7, 11) is 4.28. The van der Waals surface area contributed by atoms with Gasteiger partial charge >= 0.3 is 6.09 Å². The minimum Gasteiger partial charge on any atom is -0.444 e. The normalized spacial score (nSPS) is 17.8. The number of anilines is 6. The van der Waals surface area contributed by atoms with E-state index in [1.54, 1.807) is 40.8 Å². The summed E-state index contributed by atoms with van der Waals surface area (Å²) in [6.45, 7) is 16.8. The average Bonchev–Trinajstić information content (AvgIpc) is 3.97. The number of rotatable bonds is 10. The Hall–Kier alpha value is -4.26. The number of hydrogen-bond donors (Lipinski definition) is 3. The van der Waals surface area contributed by atoms with Gasteiger partial charge in [0.05, 0.1) is 12.4 Å². The van der Waals surface area contributed by atoms with Gasteiger partial charge in [-0.2, -0.15) is 10.5 Å². The first-order chi connectivity index (χ1) is 31.4. The van der Waals surface area contributed by atoms with Crippen molar-refractivity contribution < 1.29 is 9.53 Å². The van der Waals surface area contributed by atoms with E-state index in [0.29, 0.717) is 54.6 Å². The van der Waals surface area contributed by atoms with Crippen LogP contribution in [0.1, 0.15) is 56.2 Å². The summed E-state index contributed by atoms with van der Waals surface area (Å²) in [5, 5.41) is 31.7. The van der Waals surface area contributed by atoms with Crippen LogP contribution in [-0.2, 0) is 4.74 Å². The van der Waals surface area contributed by atoms with Crippen LogP contribution in [0.3, 0.4) is 0 Å². The maximum atomic E-state index is 12.4. The molecule has 4 saturated heterocycles. The number of hydrogen-bond acceptors (Lipinski definition) is 21. The highest BCUT2D eigenvalue weighted by molar-refractivity contribution is 8.00. The third kappa shape index (κ3) is 15.7. The zero-order valence-corrected chi connectivity index (χ0v) is 41.9. The number of nitrogens with one attached hydrogen (secondary N) is 3. The molecule has 4 aromatic rings. The number of piperazine rings is 2. The molecule has 1 amide bonds. The number of piperidine rings is 2. The number of aromatic nitrogens is 6. The molecule has 4 aliphatic rings. The molecule has 350 valence electrons. The van der Waals surface area contributed by atoms with Gasteiger partial charge in [-0.15, -0.1) is 11.6 Å². The molecule has 0 radical (unpaired) electrons. The van der Waals surface area contributed by atoms with E-state index in [2.05, 4.69) is 83.4 Å². The van der Waals surface area contributed by atoms with Crippen LogP contribution in [0, 0.1) is 22.7 Å². The Kier molecular flexibility index (Phi) is 18.9. The molecule has 0 unspecified atom stereocenters. The van der Waals surface area contributed by atoms with Crippen LogP contribution < -0.4 is 25.8 Å². The molecular weight excluding hydrogens is 924 g/mol. The summed E-state index contributed by atoms with van der Waals surface area (Å²) < 4.78 is 5.52. The molecule has 3 N–H and O–H groups in total. The maximum Gasteiger partial charge on any atom is 0.410 e. The van der Waals surface area contributed by atoms with Gasteiger partial charge < -0.3 is 45.2 Å². The highest BCUT2D eigenvalue weighted by Crippen LogP contribution is 2.34. The van der Waals surface area contributed by atoms with Gasteiger partial charge in [-0.05, 0) is 73.6 Å². The largest absolute Gasteiger partial charge is 0.444 e. The van der Waals surface area contributed by atoms with E-state index in [1.807, 2.05) is 32.9 Å². The molecular formula is C42H59ClN16O2S4. The highest BCUT2D eigenvalue weighted by Gasteiger charge is 2.29. The molecule has 23 heteroatoms. The molecule has 65 heavy (non-hydrogen) atoms. The molecule has 0 spiro atoms. The molecule has 4 aliphatic heterocycles. The van der Waals surface area contributed by atoms with Crippen molar-refractivity contribution in [3.8, 4) is 12.1 Å². The van der Waals surface area contributed by atoms with Crippen LogP contribution in [-0.4, -0.2) is 166 Å². The first-order valence-electron chi connectivity index (χ1n) is 21.7. The number of likely N-dealkylation sites (tertiary alicyclic amines) is 1. The fourth-order valence-corrected chi connectivity index (χ4v) is 10.5. The molecule has 0 aromatic carbocycles. The molecule has 0 aliphatic carbocycles. The Balaban J connectivity index is 0.000000212. The lowest BCUT2D eigenvalue weighted by molar-refractivity contribution is 0.0219. The van der Waals surface area contributed by atoms with E-state index in [9.17, 15) is 4.79 Å². The van der Waals surface area contributed by atoms with Gasteiger partial charge in [0.1, 0.15) is 50.8 Å². The first kappa shape index (κ1) is 50.2. The third-order valence-corrected chi connectivity index (χ3v) is 14.7. The van der Waals surface area contributed by atoms with Crippen molar-refractivity contribution in [1.82, 2.24) is 49.9 Å². The number of alkyl halides is 1. The summed E-state index contributed by atoms with van der Waals surface area (Å²) in [6, 6.07) is 8.19. The number of nitriles is 2. The molecule has 0 atom stereocenters. The molecule has 4 fully saturated rings. The van der Waals surface area contributed by atoms with E-state index >= 15 is 0 Å². The predicted octanol–water partition coefficient (Wildman–Crippen LogP) is 6.79. The summed E-state index contributed by atoms with van der Waals surface area (Å²) in [4.78, 5) is 52.3. The van der Waals surface area contributed by atoms with E-state index in [4.69, 9.17) is 35.2 Å². The van der Waals surface area contributed by atoms with E-state index < -0.39 is 5.60 Å². The lowest BCUT2D eigenvalue weighted by atomic mass is 10.1. The molecule has 0 saturated carbocycles. The smallest absolute Gasteiger partial charge is 0.410 e. The topological polar surface area (TPSA) is 204 Å². The van der Waals surface area contributed by atoms with E-state index in [-0.39, 0.29) is 6.09 Å². The summed E-state index contributed by atoms with van der Waals surface area (Å²) >= 11 is 10.7.